The fourth-order valence-corrected chi connectivity index (χ4v) is 2.24. The van der Waals surface area contributed by atoms with Crippen LogP contribution in [-0.2, 0) is 0 Å². The first-order chi connectivity index (χ1) is 9.05. The van der Waals surface area contributed by atoms with Crippen molar-refractivity contribution in [2.75, 3.05) is 26.2 Å². The lowest BCUT2D eigenvalue weighted by Crippen LogP contribution is -2.38. The average molecular weight is 249 g/mol. The van der Waals surface area contributed by atoms with E-state index in [1.54, 1.807) is 12.1 Å². The zero-order valence-corrected chi connectivity index (χ0v) is 11.5. The summed E-state index contributed by atoms with van der Waals surface area (Å²) in [7, 11) is 0. The van der Waals surface area contributed by atoms with Gasteiger partial charge in [-0.1, -0.05) is 19.9 Å². The van der Waals surface area contributed by atoms with Gasteiger partial charge in [0.05, 0.1) is 7.98 Å². The van der Waals surface area contributed by atoms with Crippen LogP contribution in [0.3, 0.4) is 0 Å². The van der Waals surface area contributed by atoms with Gasteiger partial charge in [0.25, 0.3) is 0 Å². The highest BCUT2D eigenvalue weighted by Gasteiger charge is 2.24. The van der Waals surface area contributed by atoms with Gasteiger partial charge < -0.3 is 9.64 Å². The van der Waals surface area contributed by atoms with Crippen LogP contribution in [0.25, 0.3) is 0 Å². The predicted octanol–water partition coefficient (Wildman–Crippen LogP) is 2.97. The molecule has 0 radical (unpaired) electrons. The molecule has 2 rings (SSSR count). The van der Waals surface area contributed by atoms with Gasteiger partial charge in [-0.15, -0.1) is 0 Å². The SMILES string of the molecule is [2H]c1ccc(OCCCN2CCC(C)(C)CC2)nc1. The van der Waals surface area contributed by atoms with Crippen molar-refractivity contribution in [2.24, 2.45) is 5.41 Å². The van der Waals surface area contributed by atoms with Gasteiger partial charge in [-0.3, -0.25) is 0 Å². The molecule has 0 amide bonds. The summed E-state index contributed by atoms with van der Waals surface area (Å²) in [6, 6.07) is 3.88. The zero-order valence-electron chi connectivity index (χ0n) is 12.5. The average Bonchev–Trinajstić information content (AvgIpc) is 2.38. The van der Waals surface area contributed by atoms with Crippen molar-refractivity contribution in [3.8, 4) is 5.88 Å². The third kappa shape index (κ3) is 4.30. The number of likely N-dealkylation sites (tertiary alicyclic amines) is 1. The highest BCUT2D eigenvalue weighted by atomic mass is 16.5. The molecule has 1 aliphatic rings. The van der Waals surface area contributed by atoms with Gasteiger partial charge in [0.15, 0.2) is 0 Å². The number of hydrogen-bond acceptors (Lipinski definition) is 3. The van der Waals surface area contributed by atoms with Crippen LogP contribution in [0.4, 0.5) is 0 Å². The van der Waals surface area contributed by atoms with E-state index in [0.717, 1.165) is 13.0 Å². The topological polar surface area (TPSA) is 25.4 Å². The standard InChI is InChI=1S/C15H24N2O/c1-15(2)7-11-17(12-8-15)10-5-13-18-14-6-3-4-9-16-14/h3-4,6,9H,5,7-8,10-13H2,1-2H3/i4D. The van der Waals surface area contributed by atoms with Crippen molar-refractivity contribution in [3.05, 3.63) is 24.4 Å². The van der Waals surface area contributed by atoms with Crippen molar-refractivity contribution in [1.29, 1.82) is 0 Å². The summed E-state index contributed by atoms with van der Waals surface area (Å²) >= 11 is 0. The van der Waals surface area contributed by atoms with Crippen molar-refractivity contribution < 1.29 is 6.11 Å². The summed E-state index contributed by atoms with van der Waals surface area (Å²) in [5.41, 5.74) is 0.523. The summed E-state index contributed by atoms with van der Waals surface area (Å²) in [5.74, 6) is 0.621. The van der Waals surface area contributed by atoms with Gasteiger partial charge in [0, 0.05) is 18.8 Å². The number of ether oxygens (including phenoxy) is 1. The summed E-state index contributed by atoms with van der Waals surface area (Å²) in [6.07, 6.45) is 5.13. The minimum atomic E-state index is 0.420. The Balaban J connectivity index is 1.61. The molecular formula is C15H24N2O. The van der Waals surface area contributed by atoms with E-state index in [4.69, 9.17) is 6.11 Å². The van der Waals surface area contributed by atoms with Gasteiger partial charge in [-0.25, -0.2) is 4.98 Å². The van der Waals surface area contributed by atoms with Crippen LogP contribution in [-0.4, -0.2) is 36.1 Å². The fraction of sp³-hybridized carbons (Fsp3) is 0.667. The monoisotopic (exact) mass is 249 g/mol. The highest BCUT2D eigenvalue weighted by Crippen LogP contribution is 2.29. The molecule has 0 unspecified atom stereocenters. The maximum absolute atomic E-state index is 7.35. The van der Waals surface area contributed by atoms with Crippen LogP contribution in [0.5, 0.6) is 5.88 Å². The van der Waals surface area contributed by atoms with Crippen molar-refractivity contribution >= 4 is 0 Å². The molecule has 0 aliphatic carbocycles. The van der Waals surface area contributed by atoms with E-state index >= 15 is 0 Å². The van der Waals surface area contributed by atoms with Gasteiger partial charge >= 0.3 is 0 Å². The fourth-order valence-electron chi connectivity index (χ4n) is 2.24. The first kappa shape index (κ1) is 12.0. The first-order valence-corrected chi connectivity index (χ1v) is 6.83. The Hall–Kier alpha value is -1.09. The lowest BCUT2D eigenvalue weighted by molar-refractivity contribution is 0.125. The van der Waals surface area contributed by atoms with E-state index in [-0.39, 0.29) is 0 Å². The number of aromatic nitrogens is 1. The second-order valence-corrected chi connectivity index (χ2v) is 5.80. The highest BCUT2D eigenvalue weighted by molar-refractivity contribution is 5.08. The molecule has 3 heteroatoms. The predicted molar refractivity (Wildman–Crippen MR) is 73.8 cm³/mol. The third-order valence-electron chi connectivity index (χ3n) is 3.67. The second kappa shape index (κ2) is 6.19. The molecule has 0 saturated carbocycles. The Morgan fingerprint density at radius 3 is 2.89 bits per heavy atom. The van der Waals surface area contributed by atoms with Crippen LogP contribution < -0.4 is 4.74 Å². The maximum Gasteiger partial charge on any atom is 0.213 e. The van der Waals surface area contributed by atoms with E-state index in [1.807, 2.05) is 0 Å². The lowest BCUT2D eigenvalue weighted by atomic mass is 9.83. The molecule has 2 heterocycles. The molecule has 1 aliphatic heterocycles. The molecule has 1 fully saturated rings. The van der Waals surface area contributed by atoms with Crippen LogP contribution >= 0.6 is 0 Å². The molecule has 0 N–H and O–H groups in total. The normalized spacial score (nSPS) is 20.4. The van der Waals surface area contributed by atoms with Gasteiger partial charge in [-0.05, 0) is 43.8 Å². The first-order valence-electron chi connectivity index (χ1n) is 7.33. The molecule has 18 heavy (non-hydrogen) atoms. The van der Waals surface area contributed by atoms with Crippen LogP contribution in [0.15, 0.2) is 24.4 Å². The zero-order chi connectivity index (χ0) is 13.7. The van der Waals surface area contributed by atoms with Gasteiger partial charge in [0.1, 0.15) is 0 Å². The van der Waals surface area contributed by atoms with Crippen LogP contribution in [0.1, 0.15) is 34.5 Å². The van der Waals surface area contributed by atoms with E-state index in [2.05, 4.69) is 23.7 Å². The number of rotatable bonds is 5. The van der Waals surface area contributed by atoms with E-state index in [9.17, 15) is 0 Å². The smallest absolute Gasteiger partial charge is 0.213 e. The molecule has 100 valence electrons. The van der Waals surface area contributed by atoms with Crippen LogP contribution in [0.2, 0.25) is 0 Å². The Labute approximate surface area is 112 Å². The lowest BCUT2D eigenvalue weighted by Gasteiger charge is -2.36. The third-order valence-corrected chi connectivity index (χ3v) is 3.67. The molecule has 1 aromatic rings. The van der Waals surface area contributed by atoms with Crippen molar-refractivity contribution in [1.82, 2.24) is 9.88 Å². The number of nitrogens with zero attached hydrogens (tertiary/aromatic N) is 2. The second-order valence-electron chi connectivity index (χ2n) is 5.80. The molecule has 0 aromatic carbocycles. The summed E-state index contributed by atoms with van der Waals surface area (Å²) in [4.78, 5) is 6.58. The van der Waals surface area contributed by atoms with E-state index in [1.165, 1.54) is 32.1 Å². The number of piperidine rings is 1. The van der Waals surface area contributed by atoms with Gasteiger partial charge in [-0.2, -0.15) is 0 Å². The molecule has 0 spiro atoms. The maximum atomic E-state index is 7.35. The quantitative estimate of drug-likeness (QED) is 0.750. The largest absolute Gasteiger partial charge is 0.478 e. The van der Waals surface area contributed by atoms with Crippen molar-refractivity contribution in [2.45, 2.75) is 33.1 Å². The molecule has 0 atom stereocenters. The van der Waals surface area contributed by atoms with E-state index in [0.29, 0.717) is 23.9 Å². The van der Waals surface area contributed by atoms with Gasteiger partial charge in [0.2, 0.25) is 5.88 Å². The number of pyridine rings is 1. The Morgan fingerprint density at radius 2 is 2.22 bits per heavy atom. The van der Waals surface area contributed by atoms with Crippen molar-refractivity contribution in [3.63, 3.8) is 0 Å². The molecule has 3 nitrogen and oxygen atoms in total. The number of hydrogen-bond donors (Lipinski definition) is 0. The van der Waals surface area contributed by atoms with Crippen LogP contribution in [0, 0.1) is 5.41 Å². The minimum absolute atomic E-state index is 0.420. The minimum Gasteiger partial charge on any atom is -0.478 e. The summed E-state index contributed by atoms with van der Waals surface area (Å²) in [6.45, 7) is 8.93. The Bertz CT molecular complexity index is 382. The molecular weight excluding hydrogens is 224 g/mol. The summed E-state index contributed by atoms with van der Waals surface area (Å²) in [5, 5.41) is 0. The molecule has 1 aromatic heterocycles. The Morgan fingerprint density at radius 1 is 1.44 bits per heavy atom. The molecule has 1 saturated heterocycles. The van der Waals surface area contributed by atoms with E-state index < -0.39 is 0 Å². The Kier molecular flexibility index (Phi) is 4.11. The summed E-state index contributed by atoms with van der Waals surface area (Å²) < 4.78 is 12.9. The molecule has 0 bridgehead atoms.